The number of aromatic nitrogens is 2. The highest BCUT2D eigenvalue weighted by Gasteiger charge is 2.21. The molecule has 0 atom stereocenters. The van der Waals surface area contributed by atoms with Gasteiger partial charge in [0, 0.05) is 34.6 Å². The molecule has 1 aliphatic rings. The van der Waals surface area contributed by atoms with Crippen molar-refractivity contribution in [1.82, 2.24) is 14.7 Å². The summed E-state index contributed by atoms with van der Waals surface area (Å²) in [6.45, 7) is 2.28. The molecule has 2 aromatic carbocycles. The monoisotopic (exact) mass is 457 g/mol. The lowest BCUT2D eigenvalue weighted by atomic mass is 10.1. The first kappa shape index (κ1) is 21.2. The first-order valence-electron chi connectivity index (χ1n) is 9.68. The summed E-state index contributed by atoms with van der Waals surface area (Å²) in [4.78, 5) is 21.3. The Balaban J connectivity index is 1.62. The molecule has 0 bridgehead atoms. The van der Waals surface area contributed by atoms with E-state index in [1.807, 2.05) is 13.0 Å². The highest BCUT2D eigenvalue weighted by atomic mass is 35.5. The van der Waals surface area contributed by atoms with Crippen molar-refractivity contribution >= 4 is 44.9 Å². The van der Waals surface area contributed by atoms with Gasteiger partial charge in [-0.15, -0.1) is 0 Å². The number of rotatable bonds is 6. The zero-order valence-corrected chi connectivity index (χ0v) is 18.2. The van der Waals surface area contributed by atoms with Crippen LogP contribution in [0.15, 0.2) is 53.6 Å². The first-order valence-corrected chi connectivity index (χ1v) is 11.5. The number of amides is 1. The van der Waals surface area contributed by atoms with Crippen molar-refractivity contribution in [3.05, 3.63) is 59.2 Å². The number of fused-ring (bicyclic) bond motifs is 3. The molecule has 0 aliphatic carbocycles. The third-order valence-electron chi connectivity index (χ3n) is 4.69. The van der Waals surface area contributed by atoms with Gasteiger partial charge in [0.1, 0.15) is 0 Å². The largest absolute Gasteiger partial charge is 0.325 e. The summed E-state index contributed by atoms with van der Waals surface area (Å²) < 4.78 is 27.0. The van der Waals surface area contributed by atoms with Gasteiger partial charge in [-0.2, -0.15) is 0 Å². The minimum absolute atomic E-state index is 0.152. The number of benzene rings is 2. The number of hydrogen-bond donors (Lipinski definition) is 3. The van der Waals surface area contributed by atoms with E-state index in [2.05, 4.69) is 25.3 Å². The third-order valence-corrected chi connectivity index (χ3v) is 6.40. The molecular formula is C21H20ClN5O3S. The number of nitrogens with zero attached hydrogens (tertiary/aromatic N) is 2. The molecular weight excluding hydrogens is 438 g/mol. The van der Waals surface area contributed by atoms with Crippen LogP contribution in [-0.4, -0.2) is 30.8 Å². The summed E-state index contributed by atoms with van der Waals surface area (Å²) in [7, 11) is -3.53. The molecule has 3 aromatic rings. The molecule has 8 nitrogen and oxygen atoms in total. The summed E-state index contributed by atoms with van der Waals surface area (Å²) in [5.74, 6) is 0.161. The molecule has 4 rings (SSSR count). The van der Waals surface area contributed by atoms with Crippen molar-refractivity contribution in [1.29, 1.82) is 0 Å². The Morgan fingerprint density at radius 3 is 2.68 bits per heavy atom. The van der Waals surface area contributed by atoms with Gasteiger partial charge in [-0.25, -0.2) is 23.1 Å². The number of nitrogens with one attached hydrogen (secondary N) is 3. The highest BCUT2D eigenvalue weighted by molar-refractivity contribution is 7.89. The maximum Gasteiger partial charge on any atom is 0.240 e. The van der Waals surface area contributed by atoms with Gasteiger partial charge >= 0.3 is 0 Å². The van der Waals surface area contributed by atoms with Crippen molar-refractivity contribution in [3.8, 4) is 11.3 Å². The van der Waals surface area contributed by atoms with Gasteiger partial charge in [0.05, 0.1) is 22.7 Å². The van der Waals surface area contributed by atoms with Crippen LogP contribution in [0.1, 0.15) is 18.9 Å². The average Bonchev–Trinajstić information content (AvgIpc) is 2.87. The molecule has 1 aromatic heterocycles. The van der Waals surface area contributed by atoms with E-state index < -0.39 is 10.0 Å². The minimum atomic E-state index is -3.53. The standard InChI is InChI=1S/C21H20ClN5O3S/c1-2-9-24-31(29,30)16-6-4-15(5-7-16)25-21-23-12-13-10-19(28)26-18-11-14(22)3-8-17(18)20(13)27-21/h3-8,11-12,24H,2,9-10H2,1H3,(H,26,28)(H,23,25,27). The second kappa shape index (κ2) is 8.62. The molecule has 10 heteroatoms. The van der Waals surface area contributed by atoms with E-state index in [9.17, 15) is 13.2 Å². The molecule has 160 valence electrons. The maximum atomic E-state index is 12.2. The predicted octanol–water partition coefficient (Wildman–Crippen LogP) is 3.72. The topological polar surface area (TPSA) is 113 Å². The van der Waals surface area contributed by atoms with Gasteiger partial charge in [0.15, 0.2) is 0 Å². The van der Waals surface area contributed by atoms with Crippen LogP contribution in [0.2, 0.25) is 5.02 Å². The molecule has 0 spiro atoms. The second-order valence-electron chi connectivity index (χ2n) is 7.03. The molecule has 0 saturated carbocycles. The molecule has 31 heavy (non-hydrogen) atoms. The Hall–Kier alpha value is -3.01. The predicted molar refractivity (Wildman–Crippen MR) is 120 cm³/mol. The molecule has 2 heterocycles. The minimum Gasteiger partial charge on any atom is -0.325 e. The van der Waals surface area contributed by atoms with Crippen molar-refractivity contribution in [2.24, 2.45) is 0 Å². The van der Waals surface area contributed by atoms with Crippen LogP contribution >= 0.6 is 11.6 Å². The lowest BCUT2D eigenvalue weighted by Crippen LogP contribution is -2.24. The summed E-state index contributed by atoms with van der Waals surface area (Å²) in [6.07, 6.45) is 2.48. The molecule has 0 unspecified atom stereocenters. The Labute approximate surface area is 185 Å². The van der Waals surface area contributed by atoms with E-state index in [1.54, 1.807) is 30.5 Å². The number of hydrogen-bond acceptors (Lipinski definition) is 6. The SMILES string of the molecule is CCCNS(=O)(=O)c1ccc(Nc2ncc3c(n2)-c2ccc(Cl)cc2NC(=O)C3)cc1. The van der Waals surface area contributed by atoms with Gasteiger partial charge in [0.2, 0.25) is 21.9 Å². The van der Waals surface area contributed by atoms with Crippen molar-refractivity contribution in [3.63, 3.8) is 0 Å². The van der Waals surface area contributed by atoms with Crippen molar-refractivity contribution < 1.29 is 13.2 Å². The van der Waals surface area contributed by atoms with Crippen LogP contribution in [0, 0.1) is 0 Å². The van der Waals surface area contributed by atoms with E-state index in [1.165, 1.54) is 12.1 Å². The molecule has 0 fully saturated rings. The van der Waals surface area contributed by atoms with Crippen molar-refractivity contribution in [2.45, 2.75) is 24.7 Å². The Kier molecular flexibility index (Phi) is 5.90. The fraction of sp³-hybridized carbons (Fsp3) is 0.190. The Morgan fingerprint density at radius 1 is 1.16 bits per heavy atom. The van der Waals surface area contributed by atoms with E-state index >= 15 is 0 Å². The zero-order valence-electron chi connectivity index (χ0n) is 16.6. The normalized spacial score (nSPS) is 13.0. The van der Waals surface area contributed by atoms with E-state index in [-0.39, 0.29) is 17.2 Å². The van der Waals surface area contributed by atoms with Crippen LogP contribution in [0.25, 0.3) is 11.3 Å². The third kappa shape index (κ3) is 4.68. The fourth-order valence-corrected chi connectivity index (χ4v) is 4.50. The molecule has 0 saturated heterocycles. The zero-order chi connectivity index (χ0) is 22.0. The summed E-state index contributed by atoms with van der Waals surface area (Å²) in [5.41, 5.74) is 3.31. The van der Waals surface area contributed by atoms with Crippen LogP contribution in [0.3, 0.4) is 0 Å². The first-order chi connectivity index (χ1) is 14.9. The highest BCUT2D eigenvalue weighted by Crippen LogP contribution is 2.34. The lowest BCUT2D eigenvalue weighted by Gasteiger charge is -2.11. The molecule has 1 amide bonds. The van der Waals surface area contributed by atoms with Crippen molar-refractivity contribution in [2.75, 3.05) is 17.2 Å². The smallest absolute Gasteiger partial charge is 0.240 e. The van der Waals surface area contributed by atoms with E-state index in [4.69, 9.17) is 11.6 Å². The second-order valence-corrected chi connectivity index (χ2v) is 9.23. The molecule has 3 N–H and O–H groups in total. The van der Waals surface area contributed by atoms with E-state index in [0.717, 1.165) is 5.56 Å². The van der Waals surface area contributed by atoms with Crippen LogP contribution in [0.5, 0.6) is 0 Å². The Bertz CT molecular complexity index is 1250. The van der Waals surface area contributed by atoms with Crippen LogP contribution < -0.4 is 15.4 Å². The maximum absolute atomic E-state index is 12.2. The lowest BCUT2D eigenvalue weighted by molar-refractivity contribution is -0.115. The number of sulfonamides is 1. The van der Waals surface area contributed by atoms with Gasteiger partial charge in [-0.05, 0) is 48.9 Å². The average molecular weight is 458 g/mol. The Morgan fingerprint density at radius 2 is 1.94 bits per heavy atom. The van der Waals surface area contributed by atoms with Gasteiger partial charge < -0.3 is 10.6 Å². The number of anilines is 3. The van der Waals surface area contributed by atoms with Gasteiger partial charge in [0.25, 0.3) is 0 Å². The number of carbonyl (C=O) groups is 1. The quantitative estimate of drug-likeness (QED) is 0.520. The van der Waals surface area contributed by atoms with Crippen LogP contribution in [0.4, 0.5) is 17.3 Å². The number of halogens is 1. The summed E-state index contributed by atoms with van der Waals surface area (Å²) in [6, 6.07) is 11.6. The van der Waals surface area contributed by atoms with Crippen LogP contribution in [-0.2, 0) is 21.2 Å². The molecule has 1 aliphatic heterocycles. The van der Waals surface area contributed by atoms with E-state index in [0.29, 0.717) is 46.6 Å². The van der Waals surface area contributed by atoms with Gasteiger partial charge in [-0.1, -0.05) is 18.5 Å². The molecule has 0 radical (unpaired) electrons. The number of carbonyl (C=O) groups excluding carboxylic acids is 1. The van der Waals surface area contributed by atoms with Gasteiger partial charge in [-0.3, -0.25) is 4.79 Å². The summed E-state index contributed by atoms with van der Waals surface area (Å²) >= 11 is 6.07. The summed E-state index contributed by atoms with van der Waals surface area (Å²) in [5, 5.41) is 6.43. The fourth-order valence-electron chi connectivity index (χ4n) is 3.19.